The predicted molar refractivity (Wildman–Crippen MR) is 146 cm³/mol. The number of amides is 3. The lowest BCUT2D eigenvalue weighted by Crippen LogP contribution is -2.59. The molecular formula is C30H39N3O6. The van der Waals surface area contributed by atoms with Gasteiger partial charge in [-0.2, -0.15) is 0 Å². The molecular weight excluding hydrogens is 498 g/mol. The van der Waals surface area contributed by atoms with Crippen LogP contribution in [-0.2, 0) is 19.1 Å². The number of carbonyl (C=O) groups excluding carboxylic acids is 3. The van der Waals surface area contributed by atoms with Gasteiger partial charge in [-0.15, -0.1) is 0 Å². The Bertz CT molecular complexity index is 1200. The second-order valence-corrected chi connectivity index (χ2v) is 11.7. The largest absolute Gasteiger partial charge is 0.494 e. The molecule has 0 aliphatic carbocycles. The Balaban J connectivity index is 1.62. The fourth-order valence-electron chi connectivity index (χ4n) is 6.83. The molecule has 1 N–H and O–H groups in total. The number of benzene rings is 1. The van der Waals surface area contributed by atoms with Crippen molar-refractivity contribution >= 4 is 23.4 Å². The Morgan fingerprint density at radius 3 is 2.28 bits per heavy atom. The predicted octanol–water partition coefficient (Wildman–Crippen LogP) is 2.54. The summed E-state index contributed by atoms with van der Waals surface area (Å²) >= 11 is 0. The van der Waals surface area contributed by atoms with E-state index >= 15 is 0 Å². The van der Waals surface area contributed by atoms with Crippen LogP contribution in [0.5, 0.6) is 5.75 Å². The highest BCUT2D eigenvalue weighted by molar-refractivity contribution is 6.04. The summed E-state index contributed by atoms with van der Waals surface area (Å²) in [5.41, 5.74) is -2.18. The molecule has 1 aromatic rings. The van der Waals surface area contributed by atoms with E-state index in [1.54, 1.807) is 9.80 Å². The highest BCUT2D eigenvalue weighted by Crippen LogP contribution is 2.58. The maximum Gasteiger partial charge on any atom is 0.249 e. The first kappa shape index (κ1) is 27.4. The molecule has 5 rings (SSSR count). The van der Waals surface area contributed by atoms with Gasteiger partial charge in [0.2, 0.25) is 17.7 Å². The molecule has 5 atom stereocenters. The van der Waals surface area contributed by atoms with Gasteiger partial charge in [0, 0.05) is 30.9 Å². The Kier molecular flexibility index (Phi) is 6.87. The van der Waals surface area contributed by atoms with Crippen molar-refractivity contribution in [3.8, 4) is 5.75 Å². The second-order valence-electron chi connectivity index (χ2n) is 11.7. The summed E-state index contributed by atoms with van der Waals surface area (Å²) in [4.78, 5) is 47.7. The summed E-state index contributed by atoms with van der Waals surface area (Å²) in [6, 6.07) is 6.36. The van der Waals surface area contributed by atoms with Gasteiger partial charge >= 0.3 is 0 Å². The first-order valence-corrected chi connectivity index (χ1v) is 13.9. The zero-order chi connectivity index (χ0) is 28.2. The molecule has 4 heterocycles. The number of anilines is 1. The fourth-order valence-corrected chi connectivity index (χ4v) is 6.83. The van der Waals surface area contributed by atoms with Gasteiger partial charge in [-0.3, -0.25) is 14.4 Å². The van der Waals surface area contributed by atoms with Gasteiger partial charge in [0.05, 0.1) is 30.7 Å². The number of aliphatic hydroxyl groups is 1. The highest BCUT2D eigenvalue weighted by Gasteiger charge is 2.75. The number of likely N-dealkylation sites (tertiary alicyclic amines) is 1. The van der Waals surface area contributed by atoms with Crippen LogP contribution < -0.4 is 9.64 Å². The number of aliphatic hydroxyl groups excluding tert-OH is 1. The Morgan fingerprint density at radius 2 is 1.67 bits per heavy atom. The molecule has 39 heavy (non-hydrogen) atoms. The van der Waals surface area contributed by atoms with Gasteiger partial charge < -0.3 is 29.3 Å². The minimum Gasteiger partial charge on any atom is -0.494 e. The van der Waals surface area contributed by atoms with Gasteiger partial charge in [-0.1, -0.05) is 31.2 Å². The minimum atomic E-state index is -1.33. The quantitative estimate of drug-likeness (QED) is 0.560. The number of carbonyl (C=O) groups is 3. The summed E-state index contributed by atoms with van der Waals surface area (Å²) in [6.45, 7) is 10.6. The third-order valence-corrected chi connectivity index (χ3v) is 8.55. The Labute approximate surface area is 230 Å². The Morgan fingerprint density at radius 1 is 0.974 bits per heavy atom. The third-order valence-electron chi connectivity index (χ3n) is 8.55. The molecule has 4 aliphatic rings. The van der Waals surface area contributed by atoms with Gasteiger partial charge in [0.15, 0.2) is 0 Å². The van der Waals surface area contributed by atoms with E-state index in [4.69, 9.17) is 9.47 Å². The first-order valence-electron chi connectivity index (χ1n) is 13.9. The summed E-state index contributed by atoms with van der Waals surface area (Å²) < 4.78 is 12.5. The van der Waals surface area contributed by atoms with Crippen LogP contribution in [0.3, 0.4) is 0 Å². The fraction of sp³-hybridized carbons (Fsp3) is 0.567. The van der Waals surface area contributed by atoms with Crippen LogP contribution in [0.1, 0.15) is 41.0 Å². The molecule has 9 nitrogen and oxygen atoms in total. The summed E-state index contributed by atoms with van der Waals surface area (Å²) in [5.74, 6) is -1.83. The number of hydrogen-bond acceptors (Lipinski definition) is 6. The Hall–Kier alpha value is -3.17. The van der Waals surface area contributed by atoms with Crippen LogP contribution in [0, 0.1) is 11.8 Å². The van der Waals surface area contributed by atoms with Crippen molar-refractivity contribution in [1.29, 1.82) is 0 Å². The molecule has 3 amide bonds. The summed E-state index contributed by atoms with van der Waals surface area (Å²) in [7, 11) is 0. The van der Waals surface area contributed by atoms with Crippen molar-refractivity contribution in [3.05, 3.63) is 48.6 Å². The van der Waals surface area contributed by atoms with Gasteiger partial charge in [0.1, 0.15) is 17.4 Å². The lowest BCUT2D eigenvalue weighted by atomic mass is 9.73. The molecule has 1 spiro atoms. The lowest BCUT2D eigenvalue weighted by Gasteiger charge is -2.41. The maximum absolute atomic E-state index is 14.5. The monoisotopic (exact) mass is 537 g/mol. The van der Waals surface area contributed by atoms with Gasteiger partial charge in [-0.25, -0.2) is 0 Å². The highest BCUT2D eigenvalue weighted by atomic mass is 16.5. The minimum absolute atomic E-state index is 0.0127. The first-order chi connectivity index (χ1) is 18.5. The van der Waals surface area contributed by atoms with Gasteiger partial charge in [0.25, 0.3) is 0 Å². The zero-order valence-electron chi connectivity index (χ0n) is 23.4. The standard InChI is InChI=1S/C30H39N3O6/c1-6-29-14-8-16-31(20-10-12-21(13-11-20)38-7-2)25(35)22(29)23-26(36)32(18-19-34)24-27(37)33(28(3,4)5)17-9-15-30(23,24)39-29/h8-15,22-24,34H,6-7,16-19H2,1-5H3/t22-,23+,24?,29+,30+/m1/s1. The van der Waals surface area contributed by atoms with Crippen LogP contribution in [0.15, 0.2) is 48.6 Å². The van der Waals surface area contributed by atoms with E-state index in [1.807, 2.05) is 83.2 Å². The molecule has 2 saturated heterocycles. The zero-order valence-corrected chi connectivity index (χ0v) is 23.4. The van der Waals surface area contributed by atoms with Crippen molar-refractivity contribution < 1.29 is 29.0 Å². The molecule has 0 saturated carbocycles. The lowest BCUT2D eigenvalue weighted by molar-refractivity contribution is -0.155. The van der Waals surface area contributed by atoms with Crippen LogP contribution in [0.4, 0.5) is 5.69 Å². The molecule has 1 aromatic carbocycles. The normalized spacial score (nSPS) is 32.2. The summed E-state index contributed by atoms with van der Waals surface area (Å²) in [5, 5.41) is 9.88. The molecule has 9 heteroatoms. The number of hydrogen-bond donors (Lipinski definition) is 1. The van der Waals surface area contributed by atoms with Crippen molar-refractivity contribution in [2.75, 3.05) is 37.7 Å². The van der Waals surface area contributed by atoms with E-state index in [0.29, 0.717) is 37.6 Å². The number of rotatable bonds is 6. The van der Waals surface area contributed by atoms with E-state index in [0.717, 1.165) is 0 Å². The second kappa shape index (κ2) is 9.78. The average molecular weight is 538 g/mol. The van der Waals surface area contributed by atoms with Crippen LogP contribution in [0.25, 0.3) is 0 Å². The van der Waals surface area contributed by atoms with E-state index < -0.39 is 34.6 Å². The number of fused-ring (bicyclic) bond motifs is 2. The van der Waals surface area contributed by atoms with E-state index in [2.05, 4.69) is 0 Å². The maximum atomic E-state index is 14.5. The molecule has 2 fully saturated rings. The third kappa shape index (κ3) is 4.09. The van der Waals surface area contributed by atoms with Crippen molar-refractivity contribution in [1.82, 2.24) is 9.80 Å². The van der Waals surface area contributed by atoms with Crippen molar-refractivity contribution in [2.45, 2.75) is 63.8 Å². The van der Waals surface area contributed by atoms with E-state index in [1.165, 1.54) is 4.90 Å². The molecule has 210 valence electrons. The van der Waals surface area contributed by atoms with Gasteiger partial charge in [-0.05, 0) is 58.4 Å². The molecule has 4 aliphatic heterocycles. The average Bonchev–Trinajstić information content (AvgIpc) is 3.16. The SMILES string of the molecule is CCOc1ccc(N2CC=C[C@]3(CC)O[C@]45C=CCN(C(C)(C)C)C(=O)C4N(CCO)C(=O)[C@@H]5[C@@H]3C2=O)cc1. The van der Waals surface area contributed by atoms with Crippen LogP contribution in [-0.4, -0.2) is 88.3 Å². The number of β-amino-alcohol motifs (C(OH)–C–C–N with tert-alkyl or cyclic N) is 1. The van der Waals surface area contributed by atoms with Crippen molar-refractivity contribution in [2.24, 2.45) is 11.8 Å². The molecule has 1 unspecified atom stereocenters. The van der Waals surface area contributed by atoms with Crippen molar-refractivity contribution in [3.63, 3.8) is 0 Å². The van der Waals surface area contributed by atoms with E-state index in [-0.39, 0.29) is 30.9 Å². The molecule has 0 radical (unpaired) electrons. The van der Waals surface area contributed by atoms with E-state index in [9.17, 15) is 19.5 Å². The smallest absolute Gasteiger partial charge is 0.249 e. The van der Waals surface area contributed by atoms with Crippen LogP contribution >= 0.6 is 0 Å². The summed E-state index contributed by atoms with van der Waals surface area (Å²) in [6.07, 6.45) is 8.03. The molecule has 0 aromatic heterocycles. The number of nitrogens with zero attached hydrogens (tertiary/aromatic N) is 3. The van der Waals surface area contributed by atoms with Crippen LogP contribution in [0.2, 0.25) is 0 Å². The topological polar surface area (TPSA) is 99.6 Å². The molecule has 0 bridgehead atoms. The number of ether oxygens (including phenoxy) is 2.